The van der Waals surface area contributed by atoms with Gasteiger partial charge < -0.3 is 10.6 Å². The van der Waals surface area contributed by atoms with Crippen LogP contribution in [0.1, 0.15) is 27.9 Å². The molecule has 0 fully saturated rings. The van der Waals surface area contributed by atoms with Crippen LogP contribution in [0.2, 0.25) is 0 Å². The lowest BCUT2D eigenvalue weighted by atomic mass is 9.98. The molecule has 0 atom stereocenters. The summed E-state index contributed by atoms with van der Waals surface area (Å²) < 4.78 is 0. The van der Waals surface area contributed by atoms with Crippen molar-refractivity contribution in [3.8, 4) is 6.07 Å². The number of hydrogen-bond acceptors (Lipinski definition) is 3. The average Bonchev–Trinajstić information content (AvgIpc) is 2.38. The van der Waals surface area contributed by atoms with E-state index in [-0.39, 0.29) is 5.91 Å². The Morgan fingerprint density at radius 2 is 2.35 bits per heavy atom. The van der Waals surface area contributed by atoms with Crippen LogP contribution in [-0.2, 0) is 13.0 Å². The molecule has 0 unspecified atom stereocenters. The van der Waals surface area contributed by atoms with Gasteiger partial charge in [0, 0.05) is 18.7 Å². The summed E-state index contributed by atoms with van der Waals surface area (Å²) in [6.07, 6.45) is 1.36. The van der Waals surface area contributed by atoms with Crippen molar-refractivity contribution in [2.45, 2.75) is 19.4 Å². The minimum Gasteiger partial charge on any atom is -0.351 e. The second-order valence-electron chi connectivity index (χ2n) is 4.07. The van der Waals surface area contributed by atoms with Crippen LogP contribution in [0.25, 0.3) is 0 Å². The number of carbonyl (C=O) groups excluding carboxylic acids is 1. The topological polar surface area (TPSA) is 64.9 Å². The number of benzene rings is 1. The Morgan fingerprint density at radius 1 is 1.47 bits per heavy atom. The highest BCUT2D eigenvalue weighted by molar-refractivity contribution is 5.94. The normalized spacial score (nSPS) is 13.6. The van der Waals surface area contributed by atoms with E-state index in [4.69, 9.17) is 5.26 Å². The maximum absolute atomic E-state index is 11.8. The van der Waals surface area contributed by atoms with Crippen LogP contribution in [0.3, 0.4) is 0 Å². The molecule has 0 bridgehead atoms. The van der Waals surface area contributed by atoms with Gasteiger partial charge in [-0.15, -0.1) is 0 Å². The largest absolute Gasteiger partial charge is 0.351 e. The van der Waals surface area contributed by atoms with Crippen LogP contribution < -0.4 is 10.6 Å². The van der Waals surface area contributed by atoms with Gasteiger partial charge in [-0.25, -0.2) is 0 Å². The Kier molecular flexibility index (Phi) is 3.73. The Bertz CT molecular complexity index is 462. The van der Waals surface area contributed by atoms with E-state index in [0.717, 1.165) is 19.5 Å². The Balaban J connectivity index is 2.06. The van der Waals surface area contributed by atoms with Gasteiger partial charge in [0.15, 0.2) is 0 Å². The van der Waals surface area contributed by atoms with Crippen molar-refractivity contribution in [2.24, 2.45) is 0 Å². The molecule has 0 aromatic heterocycles. The van der Waals surface area contributed by atoms with Crippen molar-refractivity contribution in [2.75, 3.05) is 13.1 Å². The maximum atomic E-state index is 11.8. The average molecular weight is 229 g/mol. The molecule has 1 amide bonds. The zero-order chi connectivity index (χ0) is 12.1. The highest BCUT2D eigenvalue weighted by Crippen LogP contribution is 2.15. The first-order chi connectivity index (χ1) is 8.31. The lowest BCUT2D eigenvalue weighted by Crippen LogP contribution is -2.26. The zero-order valence-electron chi connectivity index (χ0n) is 9.62. The molecule has 0 radical (unpaired) electrons. The fourth-order valence-corrected chi connectivity index (χ4v) is 1.96. The number of amides is 1. The van der Waals surface area contributed by atoms with Crippen molar-refractivity contribution in [3.05, 3.63) is 34.9 Å². The Hall–Kier alpha value is -1.86. The molecular weight excluding hydrogens is 214 g/mol. The molecule has 1 aromatic carbocycles. The first-order valence-electron chi connectivity index (χ1n) is 5.79. The third-order valence-electron chi connectivity index (χ3n) is 2.88. The van der Waals surface area contributed by atoms with Crippen molar-refractivity contribution < 1.29 is 4.79 Å². The molecule has 0 saturated carbocycles. The predicted octanol–water partition coefficient (Wildman–Crippen LogP) is 0.976. The van der Waals surface area contributed by atoms with E-state index < -0.39 is 0 Å². The monoisotopic (exact) mass is 229 g/mol. The first-order valence-corrected chi connectivity index (χ1v) is 5.79. The zero-order valence-corrected chi connectivity index (χ0v) is 9.62. The summed E-state index contributed by atoms with van der Waals surface area (Å²) >= 11 is 0. The fourth-order valence-electron chi connectivity index (χ4n) is 1.96. The minimum absolute atomic E-state index is 0.103. The van der Waals surface area contributed by atoms with E-state index in [1.54, 1.807) is 0 Å². The summed E-state index contributed by atoms with van der Waals surface area (Å²) in [5.41, 5.74) is 3.19. The molecule has 0 spiro atoms. The Morgan fingerprint density at radius 3 is 3.18 bits per heavy atom. The van der Waals surface area contributed by atoms with Crippen molar-refractivity contribution in [1.82, 2.24) is 10.6 Å². The van der Waals surface area contributed by atoms with Crippen LogP contribution in [0.15, 0.2) is 18.2 Å². The lowest BCUT2D eigenvalue weighted by molar-refractivity contribution is 0.0954. The van der Waals surface area contributed by atoms with Crippen molar-refractivity contribution in [1.29, 1.82) is 5.26 Å². The molecule has 4 nitrogen and oxygen atoms in total. The van der Waals surface area contributed by atoms with Crippen molar-refractivity contribution >= 4 is 5.91 Å². The van der Waals surface area contributed by atoms with Gasteiger partial charge in [0.05, 0.1) is 12.5 Å². The first kappa shape index (κ1) is 11.6. The standard InChI is InChI=1S/C13H15N3O/c14-5-1-6-16-13(17)11-3-2-10-4-7-15-9-12(10)8-11/h2-3,8,15H,1,4,6-7,9H2,(H,16,17). The van der Waals surface area contributed by atoms with E-state index in [0.29, 0.717) is 18.5 Å². The van der Waals surface area contributed by atoms with Crippen LogP contribution in [-0.4, -0.2) is 19.0 Å². The third-order valence-corrected chi connectivity index (χ3v) is 2.88. The molecule has 88 valence electrons. The number of nitrogens with one attached hydrogen (secondary N) is 2. The van der Waals surface area contributed by atoms with Crippen LogP contribution in [0.5, 0.6) is 0 Å². The van der Waals surface area contributed by atoms with Crippen molar-refractivity contribution in [3.63, 3.8) is 0 Å². The second-order valence-corrected chi connectivity index (χ2v) is 4.07. The summed E-state index contributed by atoms with van der Waals surface area (Å²) in [5, 5.41) is 14.4. The molecule has 0 saturated heterocycles. The van der Waals surface area contributed by atoms with Gasteiger partial charge in [-0.05, 0) is 36.2 Å². The van der Waals surface area contributed by atoms with Gasteiger partial charge in [0.1, 0.15) is 0 Å². The van der Waals surface area contributed by atoms with E-state index in [1.165, 1.54) is 11.1 Å². The SMILES string of the molecule is N#CCCNC(=O)c1ccc2c(c1)CNCC2. The minimum atomic E-state index is -0.103. The van der Waals surface area contributed by atoms with Crippen LogP contribution >= 0.6 is 0 Å². The van der Waals surface area contributed by atoms with Gasteiger partial charge in [-0.2, -0.15) is 5.26 Å². The Labute approximate surface area is 101 Å². The molecule has 2 rings (SSSR count). The number of nitrogens with zero attached hydrogens (tertiary/aromatic N) is 1. The molecule has 0 aliphatic carbocycles. The molecule has 17 heavy (non-hydrogen) atoms. The number of fused-ring (bicyclic) bond motifs is 1. The molecule has 2 N–H and O–H groups in total. The summed E-state index contributed by atoms with van der Waals surface area (Å²) in [6, 6.07) is 7.81. The third kappa shape index (κ3) is 2.83. The van der Waals surface area contributed by atoms with Gasteiger partial charge in [-0.1, -0.05) is 6.07 Å². The van der Waals surface area contributed by atoms with E-state index in [2.05, 4.69) is 10.6 Å². The van der Waals surface area contributed by atoms with Gasteiger partial charge in [0.25, 0.3) is 5.91 Å². The second kappa shape index (κ2) is 5.46. The van der Waals surface area contributed by atoms with Gasteiger partial charge >= 0.3 is 0 Å². The summed E-state index contributed by atoms with van der Waals surface area (Å²) in [6.45, 7) is 2.24. The number of nitriles is 1. The molecule has 1 aromatic rings. The molecule has 4 heteroatoms. The summed E-state index contributed by atoms with van der Waals surface area (Å²) in [5.74, 6) is -0.103. The number of carbonyl (C=O) groups is 1. The molecule has 1 heterocycles. The van der Waals surface area contributed by atoms with E-state index >= 15 is 0 Å². The lowest BCUT2D eigenvalue weighted by Gasteiger charge is -2.17. The fraction of sp³-hybridized carbons (Fsp3) is 0.385. The molecule has 1 aliphatic rings. The summed E-state index contributed by atoms with van der Waals surface area (Å²) in [4.78, 5) is 11.8. The smallest absolute Gasteiger partial charge is 0.251 e. The van der Waals surface area contributed by atoms with Crippen LogP contribution in [0.4, 0.5) is 0 Å². The number of hydrogen-bond donors (Lipinski definition) is 2. The number of rotatable bonds is 3. The molecular formula is C13H15N3O. The van der Waals surface area contributed by atoms with E-state index in [1.807, 2.05) is 24.3 Å². The summed E-state index contributed by atoms with van der Waals surface area (Å²) in [7, 11) is 0. The highest BCUT2D eigenvalue weighted by Gasteiger charge is 2.11. The predicted molar refractivity (Wildman–Crippen MR) is 64.4 cm³/mol. The maximum Gasteiger partial charge on any atom is 0.251 e. The van der Waals surface area contributed by atoms with Crippen LogP contribution in [0, 0.1) is 11.3 Å². The van der Waals surface area contributed by atoms with E-state index in [9.17, 15) is 4.79 Å². The quantitative estimate of drug-likeness (QED) is 0.759. The van der Waals surface area contributed by atoms with Gasteiger partial charge in [-0.3, -0.25) is 4.79 Å². The molecule has 1 aliphatic heterocycles. The van der Waals surface area contributed by atoms with Gasteiger partial charge in [0.2, 0.25) is 0 Å². The highest BCUT2D eigenvalue weighted by atomic mass is 16.1.